The third-order valence-electron chi connectivity index (χ3n) is 7.90. The first-order valence-electron chi connectivity index (χ1n) is 13.4. The van der Waals surface area contributed by atoms with Gasteiger partial charge in [-0.05, 0) is 64.4 Å². The number of rotatable bonds is 6. The van der Waals surface area contributed by atoms with Crippen molar-refractivity contribution in [2.24, 2.45) is 5.92 Å². The average molecular weight is 571 g/mol. The maximum absolute atomic E-state index is 13.4. The molecule has 9 nitrogen and oxygen atoms in total. The Kier molecular flexibility index (Phi) is 7.98. The van der Waals surface area contributed by atoms with Crippen LogP contribution in [0.25, 0.3) is 10.9 Å². The smallest absolute Gasteiger partial charge is 0.280 e. The number of halogens is 1. The number of amides is 3. The van der Waals surface area contributed by atoms with Gasteiger partial charge in [0.25, 0.3) is 11.8 Å². The second-order valence-corrected chi connectivity index (χ2v) is 12.5. The van der Waals surface area contributed by atoms with Crippen molar-refractivity contribution in [3.8, 4) is 0 Å². The second kappa shape index (κ2) is 11.3. The predicted octanol–water partition coefficient (Wildman–Crippen LogP) is 3.83. The predicted molar refractivity (Wildman–Crippen MR) is 153 cm³/mol. The van der Waals surface area contributed by atoms with E-state index in [0.717, 1.165) is 41.0 Å². The van der Waals surface area contributed by atoms with Crippen LogP contribution >= 0.6 is 22.9 Å². The van der Waals surface area contributed by atoms with Crippen molar-refractivity contribution in [1.29, 1.82) is 0 Å². The summed E-state index contributed by atoms with van der Waals surface area (Å²) in [6, 6.07) is 6.53. The largest absolute Gasteiger partial charge is 0.351 e. The Bertz CT molecular complexity index is 1400. The molecule has 3 aromatic rings. The van der Waals surface area contributed by atoms with Crippen molar-refractivity contribution in [3.63, 3.8) is 0 Å². The van der Waals surface area contributed by atoms with Crippen molar-refractivity contribution >= 4 is 51.6 Å². The van der Waals surface area contributed by atoms with Crippen LogP contribution in [0.1, 0.15) is 64.0 Å². The molecule has 3 atom stereocenters. The Morgan fingerprint density at radius 2 is 1.92 bits per heavy atom. The summed E-state index contributed by atoms with van der Waals surface area (Å²) >= 11 is 7.53. The van der Waals surface area contributed by atoms with E-state index in [1.165, 1.54) is 11.3 Å². The van der Waals surface area contributed by atoms with E-state index in [9.17, 15) is 14.4 Å². The molecule has 2 aromatic heterocycles. The van der Waals surface area contributed by atoms with E-state index in [0.29, 0.717) is 35.0 Å². The maximum Gasteiger partial charge on any atom is 0.280 e. The Morgan fingerprint density at radius 3 is 2.69 bits per heavy atom. The summed E-state index contributed by atoms with van der Waals surface area (Å²) in [4.78, 5) is 52.7. The van der Waals surface area contributed by atoms with Gasteiger partial charge in [0.15, 0.2) is 5.01 Å². The zero-order valence-electron chi connectivity index (χ0n) is 22.7. The van der Waals surface area contributed by atoms with Gasteiger partial charge in [0.05, 0.1) is 11.7 Å². The Morgan fingerprint density at radius 1 is 1.15 bits per heavy atom. The van der Waals surface area contributed by atoms with Gasteiger partial charge in [0.1, 0.15) is 5.69 Å². The van der Waals surface area contributed by atoms with E-state index in [1.807, 2.05) is 27.0 Å². The molecule has 3 amide bonds. The van der Waals surface area contributed by atoms with Crippen molar-refractivity contribution in [3.05, 3.63) is 50.6 Å². The Hall–Kier alpha value is -2.95. The fourth-order valence-electron chi connectivity index (χ4n) is 5.39. The van der Waals surface area contributed by atoms with Gasteiger partial charge < -0.3 is 25.4 Å². The van der Waals surface area contributed by atoms with E-state index in [-0.39, 0.29) is 35.7 Å². The third-order valence-corrected chi connectivity index (χ3v) is 9.21. The van der Waals surface area contributed by atoms with Gasteiger partial charge in [0, 0.05) is 65.4 Å². The fraction of sp³-hybridized carbons (Fsp3) is 0.500. The number of nitrogens with zero attached hydrogens (tertiary/aromatic N) is 3. The number of fused-ring (bicyclic) bond motifs is 2. The lowest BCUT2D eigenvalue weighted by Gasteiger charge is -2.38. The summed E-state index contributed by atoms with van der Waals surface area (Å²) in [5.74, 6) is -0.686. The monoisotopic (exact) mass is 570 g/mol. The van der Waals surface area contributed by atoms with Crippen LogP contribution in [0, 0.1) is 5.92 Å². The number of aromatic nitrogens is 2. The van der Waals surface area contributed by atoms with Gasteiger partial charge in [0.2, 0.25) is 5.91 Å². The van der Waals surface area contributed by atoms with Gasteiger partial charge >= 0.3 is 0 Å². The molecule has 0 radical (unpaired) electrons. The standard InChI is InChI=1S/C28H35ClN6O3S/c1-15(2)35(4)28(38)16-5-7-20(31-25(36)23-13-17-11-18(29)6-8-19(17)30-23)22(12-16)32-26(37)27-33-21-9-10-34(3)14-24(21)39-27/h6,8,11,13,15-16,20,22,30H,5,7,9-10,12,14H2,1-4H3,(H,31,36)(H,32,37)/t16-,20-,22+/m0/s1. The van der Waals surface area contributed by atoms with E-state index >= 15 is 0 Å². The van der Waals surface area contributed by atoms with Crippen LogP contribution in [0.3, 0.4) is 0 Å². The first-order valence-corrected chi connectivity index (χ1v) is 14.6. The minimum absolute atomic E-state index is 0.0641. The van der Waals surface area contributed by atoms with Crippen LogP contribution in [0.2, 0.25) is 5.02 Å². The fourth-order valence-corrected chi connectivity index (χ4v) is 6.66. The molecular weight excluding hydrogens is 536 g/mol. The zero-order valence-corrected chi connectivity index (χ0v) is 24.3. The molecule has 1 fully saturated rings. The first-order chi connectivity index (χ1) is 18.6. The van der Waals surface area contributed by atoms with Gasteiger partial charge in [-0.15, -0.1) is 11.3 Å². The first kappa shape index (κ1) is 27.6. The summed E-state index contributed by atoms with van der Waals surface area (Å²) in [6.07, 6.45) is 2.48. The molecule has 0 unspecified atom stereocenters. The van der Waals surface area contributed by atoms with Crippen molar-refractivity contribution in [2.75, 3.05) is 20.6 Å². The number of nitrogens with one attached hydrogen (secondary N) is 3. The highest BCUT2D eigenvalue weighted by atomic mass is 35.5. The number of hydrogen-bond acceptors (Lipinski definition) is 6. The highest BCUT2D eigenvalue weighted by Crippen LogP contribution is 2.29. The Labute approximate surface area is 237 Å². The quantitative estimate of drug-likeness (QED) is 0.417. The summed E-state index contributed by atoms with van der Waals surface area (Å²) in [5, 5.41) is 8.13. The molecule has 0 bridgehead atoms. The van der Waals surface area contributed by atoms with Crippen LogP contribution in [0.5, 0.6) is 0 Å². The lowest BCUT2D eigenvalue weighted by Crippen LogP contribution is -2.56. The van der Waals surface area contributed by atoms with Crippen LogP contribution in [-0.2, 0) is 17.8 Å². The molecule has 3 heterocycles. The molecule has 3 N–H and O–H groups in total. The maximum atomic E-state index is 13.4. The number of benzene rings is 1. The molecule has 0 saturated heterocycles. The molecule has 1 saturated carbocycles. The lowest BCUT2D eigenvalue weighted by molar-refractivity contribution is -0.137. The molecule has 11 heteroatoms. The number of carbonyl (C=O) groups is 3. The summed E-state index contributed by atoms with van der Waals surface area (Å²) in [5.41, 5.74) is 2.23. The summed E-state index contributed by atoms with van der Waals surface area (Å²) in [6.45, 7) is 5.67. The second-order valence-electron chi connectivity index (χ2n) is 11.0. The molecule has 2 aliphatic rings. The molecular formula is C28H35ClN6O3S. The van der Waals surface area contributed by atoms with Crippen LogP contribution in [0.4, 0.5) is 0 Å². The van der Waals surface area contributed by atoms with E-state index in [2.05, 4.69) is 32.5 Å². The highest BCUT2D eigenvalue weighted by molar-refractivity contribution is 7.13. The van der Waals surface area contributed by atoms with Crippen LogP contribution in [-0.4, -0.2) is 76.3 Å². The number of hydrogen-bond donors (Lipinski definition) is 3. The summed E-state index contributed by atoms with van der Waals surface area (Å²) in [7, 11) is 3.87. The van der Waals surface area contributed by atoms with Crippen molar-refractivity contribution in [1.82, 2.24) is 30.4 Å². The number of thiazole rings is 1. The molecule has 208 valence electrons. The van der Waals surface area contributed by atoms with Gasteiger partial charge in [-0.3, -0.25) is 14.4 Å². The Balaban J connectivity index is 1.34. The lowest BCUT2D eigenvalue weighted by atomic mass is 9.81. The van der Waals surface area contributed by atoms with Gasteiger partial charge in [-0.25, -0.2) is 4.98 Å². The number of aromatic amines is 1. The van der Waals surface area contributed by atoms with Gasteiger partial charge in [-0.1, -0.05) is 11.6 Å². The SMILES string of the molecule is CC(C)N(C)C(=O)[C@H]1CC[C@H](NC(=O)c2cc3cc(Cl)ccc3[nH]2)[C@H](NC(=O)c2nc3c(s2)CN(C)CC3)C1. The van der Waals surface area contributed by atoms with Crippen LogP contribution in [0.15, 0.2) is 24.3 Å². The molecule has 1 aliphatic carbocycles. The molecule has 1 aromatic carbocycles. The highest BCUT2D eigenvalue weighted by Gasteiger charge is 2.38. The molecule has 1 aliphatic heterocycles. The minimum atomic E-state index is -0.410. The minimum Gasteiger partial charge on any atom is -0.351 e. The normalized spacial score (nSPS) is 21.5. The summed E-state index contributed by atoms with van der Waals surface area (Å²) < 4.78 is 0. The molecule has 0 spiro atoms. The van der Waals surface area contributed by atoms with Crippen LogP contribution < -0.4 is 10.6 Å². The van der Waals surface area contributed by atoms with E-state index in [1.54, 1.807) is 23.1 Å². The number of H-pyrrole nitrogens is 1. The topological polar surface area (TPSA) is 110 Å². The average Bonchev–Trinajstić information content (AvgIpc) is 3.52. The molecule has 5 rings (SSSR count). The molecule has 39 heavy (non-hydrogen) atoms. The van der Waals surface area contributed by atoms with E-state index in [4.69, 9.17) is 11.6 Å². The third kappa shape index (κ3) is 5.97. The number of carbonyl (C=O) groups excluding carboxylic acids is 3. The van der Waals surface area contributed by atoms with Crippen molar-refractivity contribution in [2.45, 2.75) is 64.2 Å². The number of likely N-dealkylation sites (N-methyl/N-ethyl adjacent to an activating group) is 1. The van der Waals surface area contributed by atoms with Gasteiger partial charge in [-0.2, -0.15) is 0 Å². The van der Waals surface area contributed by atoms with Crippen molar-refractivity contribution < 1.29 is 14.4 Å². The zero-order chi connectivity index (χ0) is 27.8. The van der Waals surface area contributed by atoms with E-state index < -0.39 is 6.04 Å².